The second-order valence-corrected chi connectivity index (χ2v) is 5.63. The predicted molar refractivity (Wildman–Crippen MR) is 84.0 cm³/mol. The first kappa shape index (κ1) is 15.7. The van der Waals surface area contributed by atoms with E-state index < -0.39 is 17.7 Å². The summed E-state index contributed by atoms with van der Waals surface area (Å²) < 4.78 is 32.5. The van der Waals surface area contributed by atoms with E-state index in [2.05, 4.69) is 0 Å². The maximum atomic E-state index is 13.7. The predicted octanol–water partition coefficient (Wildman–Crippen LogP) is 3.97. The largest absolute Gasteiger partial charge is 0.477 e. The van der Waals surface area contributed by atoms with Gasteiger partial charge in [0.25, 0.3) is 5.91 Å². The molecule has 1 aliphatic heterocycles. The van der Waals surface area contributed by atoms with Crippen molar-refractivity contribution in [1.29, 1.82) is 0 Å². The molecule has 3 rings (SSSR count). The van der Waals surface area contributed by atoms with Gasteiger partial charge in [-0.15, -0.1) is 0 Å². The fraction of sp³-hybridized carbons (Fsp3) is 0.235. The number of ether oxygens (including phenoxy) is 1. The zero-order valence-electron chi connectivity index (χ0n) is 12.4. The van der Waals surface area contributed by atoms with Crippen LogP contribution in [0.1, 0.15) is 12.5 Å². The van der Waals surface area contributed by atoms with Gasteiger partial charge < -0.3 is 9.64 Å². The highest BCUT2D eigenvalue weighted by molar-refractivity contribution is 6.33. The lowest BCUT2D eigenvalue weighted by Crippen LogP contribution is -2.41. The lowest BCUT2D eigenvalue weighted by molar-refractivity contribution is -0.124. The van der Waals surface area contributed by atoms with Crippen LogP contribution in [0, 0.1) is 11.6 Å². The Hall–Kier alpha value is -2.14. The number of carbonyl (C=O) groups is 1. The molecule has 0 spiro atoms. The molecule has 1 atom stereocenters. The van der Waals surface area contributed by atoms with Crippen LogP contribution < -0.4 is 9.64 Å². The van der Waals surface area contributed by atoms with E-state index in [0.29, 0.717) is 22.8 Å². The van der Waals surface area contributed by atoms with Gasteiger partial charge in [0.2, 0.25) is 0 Å². The van der Waals surface area contributed by atoms with Crippen molar-refractivity contribution in [2.24, 2.45) is 0 Å². The minimum Gasteiger partial charge on any atom is -0.477 e. The van der Waals surface area contributed by atoms with Crippen LogP contribution >= 0.6 is 11.6 Å². The van der Waals surface area contributed by atoms with Gasteiger partial charge in [0.05, 0.1) is 10.7 Å². The number of nitrogens with zero attached hydrogens (tertiary/aromatic N) is 1. The third-order valence-corrected chi connectivity index (χ3v) is 4.07. The molecule has 3 nitrogen and oxygen atoms in total. The molecule has 0 aromatic heterocycles. The molecule has 1 unspecified atom stereocenters. The molecule has 0 N–H and O–H groups in total. The second kappa shape index (κ2) is 6.16. The van der Waals surface area contributed by atoms with Crippen molar-refractivity contribution in [2.45, 2.75) is 19.4 Å². The number of likely N-dealkylation sites (N-methyl/N-ethyl adjacent to an activating group) is 1. The molecule has 0 radical (unpaired) electrons. The highest BCUT2D eigenvalue weighted by atomic mass is 35.5. The Balaban J connectivity index is 1.87. The number of hydrogen-bond acceptors (Lipinski definition) is 2. The van der Waals surface area contributed by atoms with E-state index in [0.717, 1.165) is 6.07 Å². The van der Waals surface area contributed by atoms with E-state index >= 15 is 0 Å². The van der Waals surface area contributed by atoms with Crippen molar-refractivity contribution in [3.8, 4) is 5.75 Å². The molecule has 0 saturated carbocycles. The number of amides is 1. The Morgan fingerprint density at radius 1 is 1.35 bits per heavy atom. The van der Waals surface area contributed by atoms with Gasteiger partial charge in [-0.05, 0) is 25.1 Å². The van der Waals surface area contributed by atoms with Crippen LogP contribution in [-0.4, -0.2) is 18.6 Å². The van der Waals surface area contributed by atoms with Crippen molar-refractivity contribution >= 4 is 23.2 Å². The average Bonchev–Trinajstić information content (AvgIpc) is 2.94. The van der Waals surface area contributed by atoms with E-state index in [-0.39, 0.29) is 18.1 Å². The summed E-state index contributed by atoms with van der Waals surface area (Å²) in [5, 5.41) is 0.440. The molecule has 120 valence electrons. The van der Waals surface area contributed by atoms with Crippen molar-refractivity contribution in [1.82, 2.24) is 0 Å². The fourth-order valence-corrected chi connectivity index (χ4v) is 2.95. The molecule has 0 fully saturated rings. The SMILES string of the molecule is CCN(C(=O)C1Cc2cc(F)cc(F)c2O1)c1ccccc1Cl. The fourth-order valence-electron chi connectivity index (χ4n) is 2.71. The summed E-state index contributed by atoms with van der Waals surface area (Å²) in [7, 11) is 0. The smallest absolute Gasteiger partial charge is 0.268 e. The van der Waals surface area contributed by atoms with Crippen LogP contribution in [-0.2, 0) is 11.2 Å². The number of halogens is 3. The first-order chi connectivity index (χ1) is 11.0. The molecule has 2 aromatic carbocycles. The van der Waals surface area contributed by atoms with Crippen LogP contribution in [0.2, 0.25) is 5.02 Å². The minimum atomic E-state index is -0.891. The molecule has 0 aliphatic carbocycles. The first-order valence-electron chi connectivity index (χ1n) is 7.21. The summed E-state index contributed by atoms with van der Waals surface area (Å²) in [6.07, 6.45) is -0.762. The summed E-state index contributed by atoms with van der Waals surface area (Å²) in [4.78, 5) is 14.2. The van der Waals surface area contributed by atoms with Gasteiger partial charge in [-0.25, -0.2) is 8.78 Å². The van der Waals surface area contributed by atoms with E-state index in [1.54, 1.807) is 24.3 Å². The number of hydrogen-bond donors (Lipinski definition) is 0. The Kier molecular flexibility index (Phi) is 4.22. The van der Waals surface area contributed by atoms with Crippen molar-refractivity contribution < 1.29 is 18.3 Å². The quantitative estimate of drug-likeness (QED) is 0.848. The summed E-state index contributed by atoms with van der Waals surface area (Å²) in [6, 6.07) is 8.90. The lowest BCUT2D eigenvalue weighted by atomic mass is 10.1. The highest BCUT2D eigenvalue weighted by Gasteiger charge is 2.35. The second-order valence-electron chi connectivity index (χ2n) is 5.22. The van der Waals surface area contributed by atoms with Crippen LogP contribution in [0.3, 0.4) is 0 Å². The monoisotopic (exact) mass is 337 g/mol. The Bertz CT molecular complexity index is 766. The third-order valence-electron chi connectivity index (χ3n) is 3.75. The van der Waals surface area contributed by atoms with E-state index in [1.807, 2.05) is 6.92 Å². The lowest BCUT2D eigenvalue weighted by Gasteiger charge is -2.24. The van der Waals surface area contributed by atoms with Crippen LogP contribution in [0.15, 0.2) is 36.4 Å². The molecule has 1 heterocycles. The van der Waals surface area contributed by atoms with Gasteiger partial charge in [-0.2, -0.15) is 0 Å². The number of fused-ring (bicyclic) bond motifs is 1. The number of para-hydroxylation sites is 1. The normalized spacial score (nSPS) is 15.9. The Morgan fingerprint density at radius 3 is 2.78 bits per heavy atom. The van der Waals surface area contributed by atoms with E-state index in [1.165, 1.54) is 11.0 Å². The molecule has 0 bridgehead atoms. The average molecular weight is 338 g/mol. The molecule has 1 amide bonds. The zero-order chi connectivity index (χ0) is 16.6. The van der Waals surface area contributed by atoms with Gasteiger partial charge >= 0.3 is 0 Å². The topological polar surface area (TPSA) is 29.5 Å². The van der Waals surface area contributed by atoms with Gasteiger partial charge in [-0.1, -0.05) is 23.7 Å². The minimum absolute atomic E-state index is 0.0556. The first-order valence-corrected chi connectivity index (χ1v) is 7.59. The highest BCUT2D eigenvalue weighted by Crippen LogP contribution is 2.34. The van der Waals surface area contributed by atoms with Crippen molar-refractivity contribution in [2.75, 3.05) is 11.4 Å². The number of anilines is 1. The molecular formula is C17H14ClF2NO2. The Morgan fingerprint density at radius 2 is 2.09 bits per heavy atom. The number of carbonyl (C=O) groups excluding carboxylic acids is 1. The molecule has 2 aromatic rings. The standard InChI is InChI=1S/C17H14ClF2NO2/c1-2-21(14-6-4-3-5-12(14)18)17(22)15-8-10-7-11(19)9-13(20)16(10)23-15/h3-7,9,15H,2,8H2,1H3. The van der Waals surface area contributed by atoms with Crippen LogP contribution in [0.5, 0.6) is 5.75 Å². The summed E-state index contributed by atoms with van der Waals surface area (Å²) in [6.45, 7) is 2.19. The van der Waals surface area contributed by atoms with Gasteiger partial charge in [-0.3, -0.25) is 4.79 Å². The van der Waals surface area contributed by atoms with Crippen molar-refractivity contribution in [3.63, 3.8) is 0 Å². The molecule has 6 heteroatoms. The summed E-state index contributed by atoms with van der Waals surface area (Å²) >= 11 is 6.14. The van der Waals surface area contributed by atoms with Gasteiger partial charge in [0.15, 0.2) is 17.7 Å². The molecule has 1 aliphatic rings. The van der Waals surface area contributed by atoms with Crippen molar-refractivity contribution in [3.05, 3.63) is 58.6 Å². The number of rotatable bonds is 3. The van der Waals surface area contributed by atoms with Crippen LogP contribution in [0.25, 0.3) is 0 Å². The number of benzene rings is 2. The molecule has 0 saturated heterocycles. The van der Waals surface area contributed by atoms with Crippen LogP contribution in [0.4, 0.5) is 14.5 Å². The van der Waals surface area contributed by atoms with Gasteiger partial charge in [0.1, 0.15) is 5.82 Å². The third kappa shape index (κ3) is 2.88. The van der Waals surface area contributed by atoms with E-state index in [4.69, 9.17) is 16.3 Å². The zero-order valence-corrected chi connectivity index (χ0v) is 13.1. The molecule has 23 heavy (non-hydrogen) atoms. The maximum absolute atomic E-state index is 13.7. The van der Waals surface area contributed by atoms with Gasteiger partial charge in [0, 0.05) is 24.6 Å². The Labute approximate surface area is 137 Å². The molecular weight excluding hydrogens is 324 g/mol. The summed E-state index contributed by atoms with van der Waals surface area (Å²) in [5.74, 6) is -1.87. The maximum Gasteiger partial charge on any atom is 0.268 e. The van der Waals surface area contributed by atoms with E-state index in [9.17, 15) is 13.6 Å². The summed E-state index contributed by atoms with van der Waals surface area (Å²) in [5.41, 5.74) is 0.920.